The molecule has 0 aliphatic rings. The van der Waals surface area contributed by atoms with Gasteiger partial charge < -0.3 is 10.1 Å². The molecule has 0 saturated heterocycles. The van der Waals surface area contributed by atoms with Crippen molar-refractivity contribution in [2.45, 2.75) is 6.18 Å². The number of carbonyl (C=O) groups excluding carboxylic acids is 1. The summed E-state index contributed by atoms with van der Waals surface area (Å²) in [5.74, 6) is -0.302. The van der Waals surface area contributed by atoms with Gasteiger partial charge in [-0.15, -0.1) is 0 Å². The van der Waals surface area contributed by atoms with Gasteiger partial charge in [0.05, 0.1) is 15.7 Å². The number of hydrogen-bond donors (Lipinski definition) is 1. The Kier molecular flexibility index (Phi) is 5.54. The number of amides is 1. The Morgan fingerprint density at radius 2 is 1.91 bits per heavy atom. The first-order valence-corrected chi connectivity index (χ1v) is 7.48. The summed E-state index contributed by atoms with van der Waals surface area (Å²) in [7, 11) is 0. The number of halogens is 5. The summed E-state index contributed by atoms with van der Waals surface area (Å²) >= 11 is 8.81. The molecule has 0 aliphatic carbocycles. The molecule has 0 aromatic heterocycles. The lowest BCUT2D eigenvalue weighted by Crippen LogP contribution is -2.22. The van der Waals surface area contributed by atoms with E-state index in [0.29, 0.717) is 10.2 Å². The summed E-state index contributed by atoms with van der Waals surface area (Å²) in [6.45, 7) is -0.428. The number of ether oxygens (including phenoxy) is 1. The third kappa shape index (κ3) is 4.87. The number of carbonyl (C=O) groups is 1. The molecule has 122 valence electrons. The van der Waals surface area contributed by atoms with E-state index in [1.54, 1.807) is 24.3 Å². The Balaban J connectivity index is 2.08. The molecule has 2 aromatic carbocycles. The second-order valence-corrected chi connectivity index (χ2v) is 5.75. The molecule has 0 unspecified atom stereocenters. The Hall–Kier alpha value is -1.73. The van der Waals surface area contributed by atoms with Crippen molar-refractivity contribution in [2.75, 3.05) is 11.9 Å². The number of rotatable bonds is 4. The fraction of sp³-hybridized carbons (Fsp3) is 0.133. The molecule has 0 bridgehead atoms. The molecule has 0 fully saturated rings. The largest absolute Gasteiger partial charge is 0.483 e. The summed E-state index contributed by atoms with van der Waals surface area (Å²) in [4.78, 5) is 11.8. The van der Waals surface area contributed by atoms with Crippen LogP contribution in [0.4, 0.5) is 18.9 Å². The molecule has 3 nitrogen and oxygen atoms in total. The van der Waals surface area contributed by atoms with Gasteiger partial charge in [-0.1, -0.05) is 23.7 Å². The van der Waals surface area contributed by atoms with E-state index in [9.17, 15) is 18.0 Å². The number of hydrogen-bond acceptors (Lipinski definition) is 2. The maximum Gasteiger partial charge on any atom is 0.418 e. The average molecular weight is 409 g/mol. The van der Waals surface area contributed by atoms with Crippen LogP contribution in [-0.2, 0) is 11.0 Å². The lowest BCUT2D eigenvalue weighted by Gasteiger charge is -2.14. The summed E-state index contributed by atoms with van der Waals surface area (Å²) in [5.41, 5.74) is -1.39. The molecule has 0 aliphatic heterocycles. The zero-order valence-electron chi connectivity index (χ0n) is 11.5. The monoisotopic (exact) mass is 407 g/mol. The van der Waals surface area contributed by atoms with Crippen molar-refractivity contribution in [3.05, 3.63) is 57.5 Å². The van der Waals surface area contributed by atoms with E-state index in [2.05, 4.69) is 21.2 Å². The number of anilines is 1. The minimum atomic E-state index is -4.63. The van der Waals surface area contributed by atoms with Gasteiger partial charge >= 0.3 is 6.18 Å². The Morgan fingerprint density at radius 1 is 1.22 bits per heavy atom. The van der Waals surface area contributed by atoms with Crippen molar-refractivity contribution in [3.8, 4) is 5.75 Å². The fourth-order valence-electron chi connectivity index (χ4n) is 1.75. The molecule has 1 N–H and O–H groups in total. The van der Waals surface area contributed by atoms with E-state index in [4.69, 9.17) is 16.3 Å². The van der Waals surface area contributed by atoms with E-state index >= 15 is 0 Å². The van der Waals surface area contributed by atoms with Crippen LogP contribution in [0.15, 0.2) is 46.9 Å². The number of nitrogens with one attached hydrogen (secondary N) is 1. The molecule has 8 heteroatoms. The summed E-state index contributed by atoms with van der Waals surface area (Å²) in [6.07, 6.45) is -4.63. The molecule has 0 heterocycles. The highest BCUT2D eigenvalue weighted by molar-refractivity contribution is 9.10. The van der Waals surface area contributed by atoms with Crippen LogP contribution >= 0.6 is 27.5 Å². The first-order chi connectivity index (χ1) is 10.8. The quantitative estimate of drug-likeness (QED) is 0.761. The Bertz CT molecular complexity index is 722. The van der Waals surface area contributed by atoms with E-state index in [-0.39, 0.29) is 10.7 Å². The van der Waals surface area contributed by atoms with Crippen LogP contribution in [0.5, 0.6) is 5.75 Å². The summed E-state index contributed by atoms with van der Waals surface area (Å²) in [6, 6.07) is 9.93. The van der Waals surface area contributed by atoms with Crippen LogP contribution in [0.3, 0.4) is 0 Å². The van der Waals surface area contributed by atoms with Crippen molar-refractivity contribution in [1.82, 2.24) is 0 Å². The smallest absolute Gasteiger partial charge is 0.418 e. The van der Waals surface area contributed by atoms with E-state index < -0.39 is 24.3 Å². The molecular weight excluding hydrogens is 399 g/mol. The molecule has 1 amide bonds. The number of alkyl halides is 3. The molecular formula is C15H10BrClF3NO2. The van der Waals surface area contributed by atoms with Crippen molar-refractivity contribution >= 4 is 39.1 Å². The minimum absolute atomic E-state index is 0.0696. The molecule has 2 rings (SSSR count). The molecule has 0 saturated carbocycles. The lowest BCUT2D eigenvalue weighted by atomic mass is 10.1. The van der Waals surface area contributed by atoms with E-state index in [0.717, 1.165) is 12.1 Å². The molecule has 23 heavy (non-hydrogen) atoms. The average Bonchev–Trinajstić information content (AvgIpc) is 2.47. The topological polar surface area (TPSA) is 38.3 Å². The van der Waals surface area contributed by atoms with Crippen LogP contribution in [0.1, 0.15) is 5.56 Å². The summed E-state index contributed by atoms with van der Waals surface area (Å²) in [5, 5.41) is 2.11. The predicted molar refractivity (Wildman–Crippen MR) is 84.7 cm³/mol. The maximum atomic E-state index is 12.9. The van der Waals surface area contributed by atoms with Gasteiger partial charge in [-0.25, -0.2) is 0 Å². The van der Waals surface area contributed by atoms with Gasteiger partial charge in [0.1, 0.15) is 5.75 Å². The highest BCUT2D eigenvalue weighted by Gasteiger charge is 2.34. The maximum absolute atomic E-state index is 12.9. The molecule has 0 atom stereocenters. The van der Waals surface area contributed by atoms with Gasteiger partial charge in [0, 0.05) is 5.02 Å². The third-order valence-corrected chi connectivity index (χ3v) is 3.65. The van der Waals surface area contributed by atoms with Crippen LogP contribution in [0.2, 0.25) is 5.02 Å². The minimum Gasteiger partial charge on any atom is -0.483 e. The standard InChI is InChI=1S/C15H10BrClF3NO2/c16-11-3-1-2-4-13(11)23-8-14(22)21-12-6-5-9(17)7-10(12)15(18,19)20/h1-7H,8H2,(H,21,22). The number of para-hydroxylation sites is 1. The van der Waals surface area contributed by atoms with Gasteiger partial charge in [0.2, 0.25) is 0 Å². The van der Waals surface area contributed by atoms with Crippen LogP contribution in [0.25, 0.3) is 0 Å². The van der Waals surface area contributed by atoms with Crippen molar-refractivity contribution < 1.29 is 22.7 Å². The first kappa shape index (κ1) is 17.6. The first-order valence-electron chi connectivity index (χ1n) is 6.31. The highest BCUT2D eigenvalue weighted by Crippen LogP contribution is 2.36. The van der Waals surface area contributed by atoms with Crippen LogP contribution in [0, 0.1) is 0 Å². The SMILES string of the molecule is O=C(COc1ccccc1Br)Nc1ccc(Cl)cc1C(F)(F)F. The molecule has 0 spiro atoms. The van der Waals surface area contributed by atoms with Crippen LogP contribution < -0.4 is 10.1 Å². The van der Waals surface area contributed by atoms with Crippen molar-refractivity contribution in [2.24, 2.45) is 0 Å². The zero-order chi connectivity index (χ0) is 17.0. The second kappa shape index (κ2) is 7.23. The van der Waals surface area contributed by atoms with E-state index in [1.165, 1.54) is 6.07 Å². The van der Waals surface area contributed by atoms with Gasteiger partial charge in [0.15, 0.2) is 6.61 Å². The Labute approximate surface area is 143 Å². The van der Waals surface area contributed by atoms with Gasteiger partial charge in [0.25, 0.3) is 5.91 Å². The zero-order valence-corrected chi connectivity index (χ0v) is 13.8. The normalized spacial score (nSPS) is 11.2. The number of benzene rings is 2. The highest BCUT2D eigenvalue weighted by atomic mass is 79.9. The predicted octanol–water partition coefficient (Wildman–Crippen LogP) is 5.14. The van der Waals surface area contributed by atoms with Crippen LogP contribution in [-0.4, -0.2) is 12.5 Å². The summed E-state index contributed by atoms with van der Waals surface area (Å²) < 4.78 is 44.7. The van der Waals surface area contributed by atoms with Crippen molar-refractivity contribution in [3.63, 3.8) is 0 Å². The lowest BCUT2D eigenvalue weighted by molar-refractivity contribution is -0.137. The van der Waals surface area contributed by atoms with Gasteiger partial charge in [-0.3, -0.25) is 4.79 Å². The second-order valence-electron chi connectivity index (χ2n) is 4.45. The molecule has 0 radical (unpaired) electrons. The van der Waals surface area contributed by atoms with Gasteiger partial charge in [-0.05, 0) is 46.3 Å². The van der Waals surface area contributed by atoms with E-state index in [1.807, 2.05) is 0 Å². The Morgan fingerprint density at radius 3 is 2.57 bits per heavy atom. The fourth-order valence-corrected chi connectivity index (χ4v) is 2.32. The third-order valence-electron chi connectivity index (χ3n) is 2.76. The van der Waals surface area contributed by atoms with Gasteiger partial charge in [-0.2, -0.15) is 13.2 Å². The van der Waals surface area contributed by atoms with Crippen molar-refractivity contribution in [1.29, 1.82) is 0 Å². The molecule has 2 aromatic rings.